The minimum Gasteiger partial charge on any atom is -0.481 e. The molecule has 2 aromatic carbocycles. The number of hydrogen-bond acceptors (Lipinski definition) is 2. The van der Waals surface area contributed by atoms with Gasteiger partial charge >= 0.3 is 11.9 Å². The third-order valence-electron chi connectivity index (χ3n) is 3.06. The fourth-order valence-corrected chi connectivity index (χ4v) is 1.73. The minimum absolute atomic E-state index is 0.310. The maximum atomic E-state index is 9.97. The van der Waals surface area contributed by atoms with Gasteiger partial charge in [0.1, 0.15) is 0 Å². The summed E-state index contributed by atoms with van der Waals surface area (Å²) in [6.07, 6.45) is -0.310. The van der Waals surface area contributed by atoms with E-state index in [-0.39, 0.29) is 6.42 Å². The van der Waals surface area contributed by atoms with Crippen LogP contribution in [0.1, 0.15) is 18.9 Å². The van der Waals surface area contributed by atoms with E-state index >= 15 is 0 Å². The van der Waals surface area contributed by atoms with Gasteiger partial charge in [0.05, 0.1) is 12.3 Å². The normalized spacial score (nSPS) is 11.0. The molecular formula is C18H20O4. The summed E-state index contributed by atoms with van der Waals surface area (Å²) in [7, 11) is 0. The van der Waals surface area contributed by atoms with E-state index in [0.717, 1.165) is 0 Å². The lowest BCUT2D eigenvalue weighted by Crippen LogP contribution is -2.13. The van der Waals surface area contributed by atoms with Crippen LogP contribution in [0.5, 0.6) is 0 Å². The van der Waals surface area contributed by atoms with Crippen LogP contribution >= 0.6 is 0 Å². The highest BCUT2D eigenvalue weighted by molar-refractivity contribution is 5.77. The van der Waals surface area contributed by atoms with Gasteiger partial charge in [0, 0.05) is 0 Å². The lowest BCUT2D eigenvalue weighted by atomic mass is 10.0. The number of aliphatic carboxylic acids is 2. The fraction of sp³-hybridized carbons (Fsp3) is 0.222. The molecule has 0 saturated carbocycles. The summed E-state index contributed by atoms with van der Waals surface area (Å²) < 4.78 is 0. The van der Waals surface area contributed by atoms with Crippen LogP contribution in [0.2, 0.25) is 0 Å². The monoisotopic (exact) mass is 300 g/mol. The van der Waals surface area contributed by atoms with Crippen LogP contribution in [0.3, 0.4) is 0 Å². The van der Waals surface area contributed by atoms with Crippen LogP contribution in [0.4, 0.5) is 0 Å². The molecule has 116 valence electrons. The van der Waals surface area contributed by atoms with Gasteiger partial charge in [-0.15, -0.1) is 0 Å². The SMILES string of the molecule is CC(CC(=O)O)C(=O)O.Cc1ccc(-c2ccccc2)cc1. The zero-order valence-electron chi connectivity index (χ0n) is 12.7. The molecule has 0 aliphatic rings. The molecule has 0 aromatic heterocycles. The molecule has 0 fully saturated rings. The predicted octanol–water partition coefficient (Wildman–Crippen LogP) is 3.84. The third kappa shape index (κ3) is 6.22. The Labute approximate surface area is 130 Å². The van der Waals surface area contributed by atoms with E-state index in [0.29, 0.717) is 0 Å². The molecule has 0 saturated heterocycles. The van der Waals surface area contributed by atoms with E-state index in [9.17, 15) is 9.59 Å². The second-order valence-corrected chi connectivity index (χ2v) is 5.07. The maximum Gasteiger partial charge on any atom is 0.306 e. The summed E-state index contributed by atoms with van der Waals surface area (Å²) in [6, 6.07) is 19.0. The number of carboxylic acid groups (broad SMARTS) is 2. The fourth-order valence-electron chi connectivity index (χ4n) is 1.73. The van der Waals surface area contributed by atoms with E-state index in [4.69, 9.17) is 10.2 Å². The maximum absolute atomic E-state index is 9.97. The molecule has 0 spiro atoms. The van der Waals surface area contributed by atoms with Gasteiger partial charge in [0.2, 0.25) is 0 Å². The first kappa shape index (κ1) is 17.4. The van der Waals surface area contributed by atoms with Crippen molar-refractivity contribution in [2.75, 3.05) is 0 Å². The van der Waals surface area contributed by atoms with E-state index in [1.807, 2.05) is 6.07 Å². The smallest absolute Gasteiger partial charge is 0.306 e. The molecule has 0 radical (unpaired) electrons. The Morgan fingerprint density at radius 3 is 1.82 bits per heavy atom. The van der Waals surface area contributed by atoms with Gasteiger partial charge in [-0.1, -0.05) is 67.1 Å². The molecule has 0 bridgehead atoms. The molecule has 0 heterocycles. The Bertz CT molecular complexity index is 603. The third-order valence-corrected chi connectivity index (χ3v) is 3.06. The molecule has 0 aliphatic carbocycles. The van der Waals surface area contributed by atoms with Crippen molar-refractivity contribution in [3.63, 3.8) is 0 Å². The van der Waals surface area contributed by atoms with Gasteiger partial charge in [-0.2, -0.15) is 0 Å². The van der Waals surface area contributed by atoms with Crippen molar-refractivity contribution in [2.24, 2.45) is 5.92 Å². The van der Waals surface area contributed by atoms with Crippen molar-refractivity contribution in [2.45, 2.75) is 20.3 Å². The molecule has 2 rings (SSSR count). The highest BCUT2D eigenvalue weighted by Crippen LogP contribution is 2.18. The number of aryl methyl sites for hydroxylation is 1. The van der Waals surface area contributed by atoms with Gasteiger partial charge in [-0.05, 0) is 18.1 Å². The van der Waals surface area contributed by atoms with Gasteiger partial charge in [-0.25, -0.2) is 0 Å². The lowest BCUT2D eigenvalue weighted by molar-refractivity contribution is -0.147. The van der Waals surface area contributed by atoms with Crippen LogP contribution in [-0.2, 0) is 9.59 Å². The first-order chi connectivity index (χ1) is 10.4. The molecule has 2 aromatic rings. The molecule has 4 nitrogen and oxygen atoms in total. The average molecular weight is 300 g/mol. The predicted molar refractivity (Wildman–Crippen MR) is 85.7 cm³/mol. The molecule has 1 atom stereocenters. The molecule has 2 N–H and O–H groups in total. The Morgan fingerprint density at radius 2 is 1.41 bits per heavy atom. The molecule has 0 amide bonds. The van der Waals surface area contributed by atoms with Gasteiger partial charge < -0.3 is 10.2 Å². The summed E-state index contributed by atoms with van der Waals surface area (Å²) in [5.41, 5.74) is 3.87. The lowest BCUT2D eigenvalue weighted by Gasteiger charge is -2.00. The van der Waals surface area contributed by atoms with E-state index in [1.165, 1.54) is 23.6 Å². The zero-order chi connectivity index (χ0) is 16.5. The summed E-state index contributed by atoms with van der Waals surface area (Å²) in [5, 5.41) is 16.2. The Kier molecular flexibility index (Phi) is 6.83. The van der Waals surface area contributed by atoms with Crippen LogP contribution in [0.25, 0.3) is 11.1 Å². The topological polar surface area (TPSA) is 74.6 Å². The van der Waals surface area contributed by atoms with Crippen LogP contribution in [0, 0.1) is 12.8 Å². The second kappa shape index (κ2) is 8.62. The number of hydrogen-bond donors (Lipinski definition) is 2. The number of benzene rings is 2. The van der Waals surface area contributed by atoms with Crippen molar-refractivity contribution in [1.29, 1.82) is 0 Å². The molecule has 1 unspecified atom stereocenters. The summed E-state index contributed by atoms with van der Waals surface area (Å²) in [4.78, 5) is 19.8. The van der Waals surface area contributed by atoms with Gasteiger partial charge in [0.15, 0.2) is 0 Å². The van der Waals surface area contributed by atoms with E-state index in [2.05, 4.69) is 55.5 Å². The molecule has 0 aliphatic heterocycles. The van der Waals surface area contributed by atoms with Crippen LogP contribution in [-0.4, -0.2) is 22.2 Å². The standard InChI is InChI=1S/C13H12.C5H8O4/c1-11-7-9-13(10-8-11)12-5-3-2-4-6-12;1-3(5(8)9)2-4(6)7/h2-10H,1H3;3H,2H2,1H3,(H,6,7)(H,8,9). The zero-order valence-corrected chi connectivity index (χ0v) is 12.7. The summed E-state index contributed by atoms with van der Waals surface area (Å²) in [5.74, 6) is -2.94. The van der Waals surface area contributed by atoms with E-state index in [1.54, 1.807) is 0 Å². The van der Waals surface area contributed by atoms with Crippen LogP contribution < -0.4 is 0 Å². The van der Waals surface area contributed by atoms with Crippen molar-refractivity contribution in [3.05, 3.63) is 60.2 Å². The van der Waals surface area contributed by atoms with Crippen LogP contribution in [0.15, 0.2) is 54.6 Å². The number of carboxylic acids is 2. The summed E-state index contributed by atoms with van der Waals surface area (Å²) in [6.45, 7) is 3.46. The van der Waals surface area contributed by atoms with Gasteiger partial charge in [-0.3, -0.25) is 9.59 Å². The Morgan fingerprint density at radius 1 is 0.909 bits per heavy atom. The average Bonchev–Trinajstić information content (AvgIpc) is 2.49. The number of carbonyl (C=O) groups is 2. The Hall–Kier alpha value is -2.62. The molecular weight excluding hydrogens is 280 g/mol. The first-order valence-electron chi connectivity index (χ1n) is 6.97. The van der Waals surface area contributed by atoms with Crippen molar-refractivity contribution < 1.29 is 19.8 Å². The molecule has 4 heteroatoms. The quantitative estimate of drug-likeness (QED) is 0.899. The highest BCUT2D eigenvalue weighted by atomic mass is 16.4. The minimum atomic E-state index is -1.08. The van der Waals surface area contributed by atoms with Crippen molar-refractivity contribution >= 4 is 11.9 Å². The van der Waals surface area contributed by atoms with E-state index < -0.39 is 17.9 Å². The summed E-state index contributed by atoms with van der Waals surface area (Å²) >= 11 is 0. The first-order valence-corrected chi connectivity index (χ1v) is 6.97. The second-order valence-electron chi connectivity index (χ2n) is 5.07. The molecule has 22 heavy (non-hydrogen) atoms. The number of rotatable bonds is 4. The van der Waals surface area contributed by atoms with Gasteiger partial charge in [0.25, 0.3) is 0 Å². The Balaban J connectivity index is 0.000000239. The highest BCUT2D eigenvalue weighted by Gasteiger charge is 2.13. The van der Waals surface area contributed by atoms with Crippen molar-refractivity contribution in [3.8, 4) is 11.1 Å². The largest absolute Gasteiger partial charge is 0.481 e. The van der Waals surface area contributed by atoms with Crippen molar-refractivity contribution in [1.82, 2.24) is 0 Å².